The van der Waals surface area contributed by atoms with Gasteiger partial charge in [-0.3, -0.25) is 4.79 Å². The summed E-state index contributed by atoms with van der Waals surface area (Å²) < 4.78 is 21.4. The van der Waals surface area contributed by atoms with E-state index in [1.54, 1.807) is 66.7 Å². The number of rotatable bonds is 8. The van der Waals surface area contributed by atoms with Crippen molar-refractivity contribution in [1.82, 2.24) is 0 Å². The van der Waals surface area contributed by atoms with Gasteiger partial charge in [-0.25, -0.2) is 4.79 Å². The predicted molar refractivity (Wildman–Crippen MR) is 116 cm³/mol. The molecule has 0 aliphatic heterocycles. The first-order valence-corrected chi connectivity index (χ1v) is 9.49. The maximum atomic E-state index is 13.1. The van der Waals surface area contributed by atoms with Gasteiger partial charge in [0.05, 0.1) is 21.3 Å². The highest BCUT2D eigenvalue weighted by molar-refractivity contribution is 6.00. The van der Waals surface area contributed by atoms with Crippen LogP contribution < -0.4 is 19.5 Å². The number of carbonyl (C=O) groups is 2. The molecule has 1 amide bonds. The van der Waals surface area contributed by atoms with Crippen LogP contribution in [0.2, 0.25) is 0 Å². The van der Waals surface area contributed by atoms with Crippen molar-refractivity contribution < 1.29 is 28.5 Å². The van der Waals surface area contributed by atoms with Crippen LogP contribution in [0.3, 0.4) is 0 Å². The van der Waals surface area contributed by atoms with Crippen LogP contribution in [0, 0.1) is 0 Å². The molecule has 1 N–H and O–H groups in total. The molecule has 0 aromatic heterocycles. The van der Waals surface area contributed by atoms with Crippen LogP contribution >= 0.6 is 0 Å². The van der Waals surface area contributed by atoms with Gasteiger partial charge >= 0.3 is 5.97 Å². The highest BCUT2D eigenvalue weighted by Gasteiger charge is 2.29. The van der Waals surface area contributed by atoms with Crippen LogP contribution in [0.25, 0.3) is 0 Å². The van der Waals surface area contributed by atoms with Gasteiger partial charge in [0.25, 0.3) is 5.91 Å². The lowest BCUT2D eigenvalue weighted by Gasteiger charge is -2.20. The first-order chi connectivity index (χ1) is 15.1. The smallest absolute Gasteiger partial charge is 0.346 e. The molecular formula is C24H23NO6. The largest absolute Gasteiger partial charge is 0.497 e. The molecule has 0 spiro atoms. The Kier molecular flexibility index (Phi) is 7.11. The van der Waals surface area contributed by atoms with Crippen LogP contribution in [-0.2, 0) is 9.53 Å². The average Bonchev–Trinajstić information content (AvgIpc) is 2.82. The average molecular weight is 421 g/mol. The number of methoxy groups -OCH3 is 3. The topological polar surface area (TPSA) is 83.1 Å². The molecule has 0 heterocycles. The van der Waals surface area contributed by atoms with E-state index < -0.39 is 18.0 Å². The quantitative estimate of drug-likeness (QED) is 0.548. The first-order valence-electron chi connectivity index (χ1n) is 9.49. The fourth-order valence-electron chi connectivity index (χ4n) is 3.03. The molecule has 3 rings (SSSR count). The van der Waals surface area contributed by atoms with Crippen molar-refractivity contribution in [2.24, 2.45) is 0 Å². The van der Waals surface area contributed by atoms with Gasteiger partial charge < -0.3 is 24.3 Å². The summed E-state index contributed by atoms with van der Waals surface area (Å²) in [5.41, 5.74) is 1.13. The van der Waals surface area contributed by atoms with Gasteiger partial charge in [0.15, 0.2) is 0 Å². The lowest BCUT2D eigenvalue weighted by Crippen LogP contribution is -2.26. The zero-order valence-corrected chi connectivity index (χ0v) is 17.5. The maximum absolute atomic E-state index is 13.1. The Bertz CT molecular complexity index is 1030. The van der Waals surface area contributed by atoms with Gasteiger partial charge in [0.2, 0.25) is 6.10 Å². The van der Waals surface area contributed by atoms with E-state index in [4.69, 9.17) is 18.9 Å². The van der Waals surface area contributed by atoms with E-state index in [0.717, 1.165) is 0 Å². The molecule has 0 bridgehead atoms. The summed E-state index contributed by atoms with van der Waals surface area (Å²) >= 11 is 0. The number of hydrogen-bond donors (Lipinski definition) is 1. The molecule has 7 heteroatoms. The summed E-state index contributed by atoms with van der Waals surface area (Å²) in [7, 11) is 4.42. The zero-order chi connectivity index (χ0) is 22.2. The Labute approximate surface area is 180 Å². The number of anilines is 1. The molecule has 7 nitrogen and oxygen atoms in total. The Hall–Kier alpha value is -4.00. The van der Waals surface area contributed by atoms with Crippen molar-refractivity contribution in [1.29, 1.82) is 0 Å². The van der Waals surface area contributed by atoms with E-state index in [0.29, 0.717) is 17.0 Å². The van der Waals surface area contributed by atoms with E-state index in [9.17, 15) is 9.59 Å². The monoisotopic (exact) mass is 421 g/mol. The second kappa shape index (κ2) is 10.2. The summed E-state index contributed by atoms with van der Waals surface area (Å²) in [6, 6.07) is 20.6. The molecule has 0 aliphatic rings. The molecule has 0 unspecified atom stereocenters. The lowest BCUT2D eigenvalue weighted by molar-refractivity contribution is -0.125. The highest BCUT2D eigenvalue weighted by atomic mass is 16.6. The van der Waals surface area contributed by atoms with E-state index in [1.807, 2.05) is 6.07 Å². The number of nitrogens with one attached hydrogen (secondary N) is 1. The highest BCUT2D eigenvalue weighted by Crippen LogP contribution is 2.31. The second-order valence-electron chi connectivity index (χ2n) is 6.45. The third-order valence-corrected chi connectivity index (χ3v) is 4.53. The summed E-state index contributed by atoms with van der Waals surface area (Å²) in [6.45, 7) is 0. The fourth-order valence-corrected chi connectivity index (χ4v) is 3.03. The molecule has 0 aliphatic carbocycles. The molecule has 0 saturated heterocycles. The van der Waals surface area contributed by atoms with Crippen LogP contribution in [0.1, 0.15) is 22.0 Å². The molecule has 1 atom stereocenters. The summed E-state index contributed by atoms with van der Waals surface area (Å²) in [5, 5.41) is 2.77. The van der Waals surface area contributed by atoms with Crippen molar-refractivity contribution in [3.8, 4) is 17.2 Å². The van der Waals surface area contributed by atoms with E-state index in [2.05, 4.69) is 5.32 Å². The molecule has 3 aromatic carbocycles. The third kappa shape index (κ3) is 5.14. The molecule has 3 aromatic rings. The molecule has 160 valence electrons. The van der Waals surface area contributed by atoms with Crippen LogP contribution in [0.4, 0.5) is 5.69 Å². The van der Waals surface area contributed by atoms with Crippen molar-refractivity contribution in [3.63, 3.8) is 0 Å². The van der Waals surface area contributed by atoms with Gasteiger partial charge in [-0.2, -0.15) is 0 Å². The summed E-state index contributed by atoms with van der Waals surface area (Å²) in [4.78, 5) is 26.2. The minimum atomic E-state index is -1.20. The maximum Gasteiger partial charge on any atom is 0.346 e. The molecule has 0 saturated carbocycles. The number of hydrogen-bond acceptors (Lipinski definition) is 6. The third-order valence-electron chi connectivity index (χ3n) is 4.53. The lowest BCUT2D eigenvalue weighted by atomic mass is 10.1. The van der Waals surface area contributed by atoms with Crippen LogP contribution in [0.5, 0.6) is 17.2 Å². The molecular weight excluding hydrogens is 398 g/mol. The molecule has 0 fully saturated rings. The number of esters is 1. The minimum Gasteiger partial charge on any atom is -0.497 e. The van der Waals surface area contributed by atoms with Crippen LogP contribution in [0.15, 0.2) is 72.8 Å². The fraction of sp³-hybridized carbons (Fsp3) is 0.167. The van der Waals surface area contributed by atoms with Crippen molar-refractivity contribution in [3.05, 3.63) is 83.9 Å². The Morgan fingerprint density at radius 3 is 2.03 bits per heavy atom. The van der Waals surface area contributed by atoms with Gasteiger partial charge in [-0.05, 0) is 24.3 Å². The normalized spacial score (nSPS) is 11.2. The van der Waals surface area contributed by atoms with Crippen molar-refractivity contribution >= 4 is 17.6 Å². The Morgan fingerprint density at radius 1 is 0.774 bits per heavy atom. The minimum absolute atomic E-state index is 0.0996. The van der Waals surface area contributed by atoms with E-state index >= 15 is 0 Å². The molecule has 0 radical (unpaired) electrons. The number of benzene rings is 3. The van der Waals surface area contributed by atoms with Crippen molar-refractivity contribution in [2.45, 2.75) is 6.10 Å². The SMILES string of the molecule is COc1cccc(NC(=O)[C@@H](OC(=O)c2c(OC)cccc2OC)c2ccccc2)c1. The second-order valence-corrected chi connectivity index (χ2v) is 6.45. The van der Waals surface area contributed by atoms with Crippen LogP contribution in [-0.4, -0.2) is 33.2 Å². The number of amides is 1. The van der Waals surface area contributed by atoms with E-state index in [-0.39, 0.29) is 17.1 Å². The van der Waals surface area contributed by atoms with Gasteiger partial charge in [-0.15, -0.1) is 0 Å². The Morgan fingerprint density at radius 2 is 1.42 bits per heavy atom. The van der Waals surface area contributed by atoms with Gasteiger partial charge in [0.1, 0.15) is 22.8 Å². The summed E-state index contributed by atoms with van der Waals surface area (Å²) in [5.74, 6) is -0.107. The first kappa shape index (κ1) is 21.7. The van der Waals surface area contributed by atoms with Gasteiger partial charge in [-0.1, -0.05) is 42.5 Å². The van der Waals surface area contributed by atoms with Crippen molar-refractivity contribution in [2.75, 3.05) is 26.6 Å². The Balaban J connectivity index is 1.92. The summed E-state index contributed by atoms with van der Waals surface area (Å²) in [6.07, 6.45) is -1.20. The number of carbonyl (C=O) groups excluding carboxylic acids is 2. The zero-order valence-electron chi connectivity index (χ0n) is 17.5. The predicted octanol–water partition coefficient (Wildman–Crippen LogP) is 4.25. The standard InChI is InChI=1S/C24H23NO6/c1-28-18-12-7-11-17(15-18)25-23(26)22(16-9-5-4-6-10-16)31-24(27)21-19(29-2)13-8-14-20(21)30-3/h4-15,22H,1-3H3,(H,25,26)/t22-/m0/s1. The molecule has 31 heavy (non-hydrogen) atoms. The number of ether oxygens (including phenoxy) is 4. The van der Waals surface area contributed by atoms with E-state index in [1.165, 1.54) is 21.3 Å². The van der Waals surface area contributed by atoms with Gasteiger partial charge in [0, 0.05) is 17.3 Å².